The molecule has 0 amide bonds. The minimum Gasteiger partial charge on any atom is -0.399 e. The Kier molecular flexibility index (Phi) is 5.51. The van der Waals surface area contributed by atoms with Crippen molar-refractivity contribution in [1.29, 1.82) is 0 Å². The molecule has 5 rings (SSSR count). The zero-order chi connectivity index (χ0) is 23.1. The fourth-order valence-corrected chi connectivity index (χ4v) is 4.01. The molecule has 6 heteroatoms. The molecule has 3 aromatic rings. The second-order valence-corrected chi connectivity index (χ2v) is 9.57. The van der Waals surface area contributed by atoms with Crippen LogP contribution >= 0.6 is 0 Å². The number of rotatable bonds is 4. The zero-order valence-corrected chi connectivity index (χ0v) is 19.5. The summed E-state index contributed by atoms with van der Waals surface area (Å²) in [6.45, 7) is 8.29. The molecule has 2 aromatic carbocycles. The lowest BCUT2D eigenvalue weighted by Gasteiger charge is -2.32. The number of hydrogen-bond acceptors (Lipinski definition) is 5. The highest BCUT2D eigenvalue weighted by Gasteiger charge is 2.52. The Morgan fingerprint density at radius 2 is 1.27 bits per heavy atom. The summed E-state index contributed by atoms with van der Waals surface area (Å²) in [5.41, 5.74) is 2.19. The van der Waals surface area contributed by atoms with Gasteiger partial charge >= 0.3 is 7.12 Å². The van der Waals surface area contributed by atoms with Gasteiger partial charge in [0, 0.05) is 17.0 Å². The Labute approximate surface area is 195 Å². The second-order valence-electron chi connectivity index (χ2n) is 9.57. The summed E-state index contributed by atoms with van der Waals surface area (Å²) in [5, 5.41) is 0. The highest BCUT2D eigenvalue weighted by molar-refractivity contribution is 6.55. The van der Waals surface area contributed by atoms with Crippen LogP contribution in [-0.2, 0) is 9.31 Å². The highest BCUT2D eigenvalue weighted by atomic mass is 16.7. The van der Waals surface area contributed by atoms with E-state index in [9.17, 15) is 0 Å². The van der Waals surface area contributed by atoms with Crippen LogP contribution in [0.4, 0.5) is 0 Å². The van der Waals surface area contributed by atoms with Crippen molar-refractivity contribution in [1.82, 2.24) is 15.0 Å². The Bertz CT molecular complexity index is 1130. The predicted octanol–water partition coefficient (Wildman–Crippen LogP) is 5.81. The minimum absolute atomic E-state index is 0.0111. The first kappa shape index (κ1) is 21.7. The SMILES string of the molecule is CC1(C)OB(C2=CC(c3nc(-c4ccccc4)nc(-c4ccccc4)n3)CC=C2)OC1(C)C. The lowest BCUT2D eigenvalue weighted by atomic mass is 9.73. The Morgan fingerprint density at radius 3 is 1.79 bits per heavy atom. The predicted molar refractivity (Wildman–Crippen MR) is 131 cm³/mol. The van der Waals surface area contributed by atoms with Crippen molar-refractivity contribution in [3.8, 4) is 22.8 Å². The van der Waals surface area contributed by atoms with Gasteiger partial charge in [0.25, 0.3) is 0 Å². The molecule has 1 saturated heterocycles. The average Bonchev–Trinajstić information content (AvgIpc) is 3.07. The molecule has 0 N–H and O–H groups in total. The molecular formula is C27H28BN3O2. The number of allylic oxidation sites excluding steroid dienone is 4. The van der Waals surface area contributed by atoms with Gasteiger partial charge in [0.05, 0.1) is 11.2 Å². The van der Waals surface area contributed by atoms with Crippen LogP contribution in [0.2, 0.25) is 0 Å². The van der Waals surface area contributed by atoms with Crippen LogP contribution < -0.4 is 0 Å². The Hall–Kier alpha value is -3.09. The van der Waals surface area contributed by atoms with E-state index < -0.39 is 7.12 Å². The molecule has 166 valence electrons. The normalized spacial score (nSPS) is 21.2. The van der Waals surface area contributed by atoms with Gasteiger partial charge in [0.2, 0.25) is 0 Å². The first-order valence-corrected chi connectivity index (χ1v) is 11.4. The first-order valence-electron chi connectivity index (χ1n) is 11.4. The molecule has 33 heavy (non-hydrogen) atoms. The van der Waals surface area contributed by atoms with Crippen molar-refractivity contribution < 1.29 is 9.31 Å². The summed E-state index contributed by atoms with van der Waals surface area (Å²) >= 11 is 0. The third-order valence-corrected chi connectivity index (χ3v) is 6.67. The standard InChI is InChI=1S/C27H28BN3O2/c1-26(2)27(3,4)33-28(32-26)22-17-11-16-21(18-22)25-30-23(19-12-7-5-8-13-19)29-24(31-25)20-14-9-6-10-15-20/h5-15,17-18,21H,16H2,1-4H3. The number of nitrogens with zero attached hydrogens (tertiary/aromatic N) is 3. The molecule has 2 aliphatic rings. The maximum Gasteiger partial charge on any atom is 0.494 e. The molecule has 1 unspecified atom stereocenters. The Morgan fingerprint density at radius 1 is 0.758 bits per heavy atom. The molecule has 1 aromatic heterocycles. The van der Waals surface area contributed by atoms with Gasteiger partial charge in [0.15, 0.2) is 11.6 Å². The van der Waals surface area contributed by atoms with E-state index in [1.54, 1.807) is 0 Å². The van der Waals surface area contributed by atoms with E-state index in [-0.39, 0.29) is 17.1 Å². The lowest BCUT2D eigenvalue weighted by molar-refractivity contribution is 0.00578. The molecule has 1 aliphatic heterocycles. The van der Waals surface area contributed by atoms with Crippen LogP contribution in [0.1, 0.15) is 45.9 Å². The van der Waals surface area contributed by atoms with E-state index in [1.807, 2.05) is 60.7 Å². The van der Waals surface area contributed by atoms with Crippen LogP contribution in [0.3, 0.4) is 0 Å². The van der Waals surface area contributed by atoms with Gasteiger partial charge in [-0.2, -0.15) is 0 Å². The Balaban J connectivity index is 1.54. The van der Waals surface area contributed by atoms with Crippen LogP contribution in [0, 0.1) is 0 Å². The third-order valence-electron chi connectivity index (χ3n) is 6.67. The van der Waals surface area contributed by atoms with Gasteiger partial charge in [-0.25, -0.2) is 15.0 Å². The van der Waals surface area contributed by atoms with E-state index in [2.05, 4.69) is 45.9 Å². The molecule has 1 atom stereocenters. The summed E-state index contributed by atoms with van der Waals surface area (Å²) in [5.74, 6) is 2.12. The molecule has 1 aliphatic carbocycles. The summed E-state index contributed by atoms with van der Waals surface area (Å²) < 4.78 is 12.6. The molecular weight excluding hydrogens is 409 g/mol. The van der Waals surface area contributed by atoms with Crippen LogP contribution in [-0.4, -0.2) is 33.3 Å². The fourth-order valence-electron chi connectivity index (χ4n) is 4.01. The summed E-state index contributed by atoms with van der Waals surface area (Å²) in [6, 6.07) is 20.1. The van der Waals surface area contributed by atoms with E-state index >= 15 is 0 Å². The van der Waals surface area contributed by atoms with E-state index in [1.165, 1.54) is 0 Å². The quantitative estimate of drug-likeness (QED) is 0.483. The molecule has 0 saturated carbocycles. The van der Waals surface area contributed by atoms with E-state index in [0.29, 0.717) is 11.6 Å². The molecule has 1 fully saturated rings. The van der Waals surface area contributed by atoms with Crippen molar-refractivity contribution in [2.24, 2.45) is 0 Å². The molecule has 5 nitrogen and oxygen atoms in total. The van der Waals surface area contributed by atoms with Crippen molar-refractivity contribution in [3.05, 3.63) is 90.2 Å². The zero-order valence-electron chi connectivity index (χ0n) is 19.5. The number of hydrogen-bond donors (Lipinski definition) is 0. The molecule has 2 heterocycles. The van der Waals surface area contributed by atoms with Crippen molar-refractivity contribution >= 4 is 7.12 Å². The fraction of sp³-hybridized carbons (Fsp3) is 0.296. The summed E-state index contributed by atoms with van der Waals surface area (Å²) in [4.78, 5) is 14.6. The van der Waals surface area contributed by atoms with Gasteiger partial charge in [-0.05, 0) is 39.6 Å². The summed E-state index contributed by atoms with van der Waals surface area (Å²) in [7, 11) is -0.405. The van der Waals surface area contributed by atoms with Crippen molar-refractivity contribution in [2.75, 3.05) is 0 Å². The smallest absolute Gasteiger partial charge is 0.399 e. The minimum atomic E-state index is -0.405. The highest BCUT2D eigenvalue weighted by Crippen LogP contribution is 2.40. The molecule has 0 radical (unpaired) electrons. The maximum absolute atomic E-state index is 6.28. The second kappa shape index (κ2) is 8.36. The number of benzene rings is 2. The van der Waals surface area contributed by atoms with Crippen LogP contribution in [0.5, 0.6) is 0 Å². The first-order chi connectivity index (χ1) is 15.8. The van der Waals surface area contributed by atoms with E-state index in [4.69, 9.17) is 24.3 Å². The van der Waals surface area contributed by atoms with Gasteiger partial charge in [-0.1, -0.05) is 78.9 Å². The summed E-state index contributed by atoms with van der Waals surface area (Å²) in [6.07, 6.45) is 7.24. The lowest BCUT2D eigenvalue weighted by Crippen LogP contribution is -2.41. The largest absolute Gasteiger partial charge is 0.494 e. The van der Waals surface area contributed by atoms with Crippen LogP contribution in [0.25, 0.3) is 22.8 Å². The van der Waals surface area contributed by atoms with Crippen LogP contribution in [0.15, 0.2) is 84.4 Å². The molecule has 0 bridgehead atoms. The van der Waals surface area contributed by atoms with Crippen molar-refractivity contribution in [2.45, 2.75) is 51.2 Å². The van der Waals surface area contributed by atoms with Crippen molar-refractivity contribution in [3.63, 3.8) is 0 Å². The van der Waals surface area contributed by atoms with Gasteiger partial charge in [-0.3, -0.25) is 0 Å². The maximum atomic E-state index is 6.28. The van der Waals surface area contributed by atoms with Gasteiger partial charge in [0.1, 0.15) is 5.82 Å². The van der Waals surface area contributed by atoms with Gasteiger partial charge in [-0.15, -0.1) is 0 Å². The average molecular weight is 437 g/mol. The number of aromatic nitrogens is 3. The third kappa shape index (κ3) is 4.29. The molecule has 0 spiro atoms. The monoisotopic (exact) mass is 437 g/mol. The van der Waals surface area contributed by atoms with Gasteiger partial charge < -0.3 is 9.31 Å². The topological polar surface area (TPSA) is 57.1 Å². The van der Waals surface area contributed by atoms with E-state index in [0.717, 1.165) is 28.8 Å².